The molecule has 0 N–H and O–H groups in total. The maximum absolute atomic E-state index is 13.3. The van der Waals surface area contributed by atoms with Gasteiger partial charge in [-0.3, -0.25) is 14.5 Å². The Morgan fingerprint density at radius 3 is 2.21 bits per heavy atom. The first-order chi connectivity index (χ1) is 15.9. The van der Waals surface area contributed by atoms with Crippen LogP contribution < -0.4 is 4.90 Å². The molecule has 2 heterocycles. The predicted octanol–water partition coefficient (Wildman–Crippen LogP) is 3.13. The molecule has 2 aliphatic rings. The Morgan fingerprint density at radius 1 is 0.818 bits per heavy atom. The van der Waals surface area contributed by atoms with Gasteiger partial charge in [-0.25, -0.2) is 13.3 Å². The van der Waals surface area contributed by atoms with E-state index < -0.39 is 16.1 Å². The summed E-state index contributed by atoms with van der Waals surface area (Å²) in [6.07, 6.45) is 0.0893. The molecule has 2 aliphatic heterocycles. The first kappa shape index (κ1) is 22.0. The third-order valence-electron chi connectivity index (χ3n) is 6.30. The van der Waals surface area contributed by atoms with Gasteiger partial charge in [0.15, 0.2) is 0 Å². The van der Waals surface area contributed by atoms with Crippen LogP contribution in [0.25, 0.3) is 10.8 Å². The molecule has 2 fully saturated rings. The molecule has 0 bridgehead atoms. The largest absolute Gasteiger partial charge is 0.289 e. The van der Waals surface area contributed by atoms with Crippen LogP contribution in [0.1, 0.15) is 6.42 Å². The number of fused-ring (bicyclic) bond motifs is 1. The van der Waals surface area contributed by atoms with E-state index in [0.29, 0.717) is 23.8 Å². The minimum Gasteiger partial charge on any atom is -0.289 e. The van der Waals surface area contributed by atoms with Gasteiger partial charge < -0.3 is 0 Å². The summed E-state index contributed by atoms with van der Waals surface area (Å²) >= 11 is 5.87. The fourth-order valence-electron chi connectivity index (χ4n) is 4.57. The summed E-state index contributed by atoms with van der Waals surface area (Å²) in [7, 11) is -3.64. The minimum absolute atomic E-state index is 0.0893. The SMILES string of the molecule is O=C1C[C@H](N2CCN(S(=O)(=O)c3ccc(Cl)cc3)CC2)C(=O)N1c1cccc2ccccc12. The Morgan fingerprint density at radius 2 is 1.48 bits per heavy atom. The molecule has 0 radical (unpaired) electrons. The molecule has 2 amide bonds. The van der Waals surface area contributed by atoms with E-state index in [0.717, 1.165) is 10.8 Å². The van der Waals surface area contributed by atoms with Gasteiger partial charge in [-0.05, 0) is 35.7 Å². The summed E-state index contributed by atoms with van der Waals surface area (Å²) in [5.74, 6) is -0.497. The smallest absolute Gasteiger partial charge is 0.251 e. The van der Waals surface area contributed by atoms with Gasteiger partial charge in [0.05, 0.1) is 23.0 Å². The molecular weight excluding hydrogens is 462 g/mol. The highest BCUT2D eigenvalue weighted by molar-refractivity contribution is 7.89. The number of carbonyl (C=O) groups excluding carboxylic acids is 2. The van der Waals surface area contributed by atoms with Crippen LogP contribution >= 0.6 is 11.6 Å². The second-order valence-corrected chi connectivity index (χ2v) is 10.6. The number of piperazine rings is 1. The van der Waals surface area contributed by atoms with Crippen molar-refractivity contribution in [2.75, 3.05) is 31.1 Å². The molecule has 170 valence electrons. The molecule has 7 nitrogen and oxygen atoms in total. The van der Waals surface area contributed by atoms with Gasteiger partial charge in [-0.15, -0.1) is 0 Å². The quantitative estimate of drug-likeness (QED) is 0.533. The fourth-order valence-corrected chi connectivity index (χ4v) is 6.12. The lowest BCUT2D eigenvalue weighted by Gasteiger charge is -2.36. The van der Waals surface area contributed by atoms with Gasteiger partial charge in [0.2, 0.25) is 15.9 Å². The Labute approximate surface area is 197 Å². The monoisotopic (exact) mass is 483 g/mol. The maximum atomic E-state index is 13.3. The summed E-state index contributed by atoms with van der Waals surface area (Å²) < 4.78 is 27.3. The fraction of sp³-hybridized carbons (Fsp3) is 0.250. The van der Waals surface area contributed by atoms with E-state index in [1.807, 2.05) is 41.3 Å². The van der Waals surface area contributed by atoms with Crippen LogP contribution in [0.3, 0.4) is 0 Å². The Balaban J connectivity index is 1.32. The van der Waals surface area contributed by atoms with Gasteiger partial charge >= 0.3 is 0 Å². The lowest BCUT2D eigenvalue weighted by Crippen LogP contribution is -2.53. The molecule has 3 aromatic rings. The lowest BCUT2D eigenvalue weighted by atomic mass is 10.1. The maximum Gasteiger partial charge on any atom is 0.251 e. The molecule has 1 atom stereocenters. The van der Waals surface area contributed by atoms with Crippen molar-refractivity contribution in [2.24, 2.45) is 0 Å². The van der Waals surface area contributed by atoms with E-state index in [-0.39, 0.29) is 36.2 Å². The molecule has 0 spiro atoms. The van der Waals surface area contributed by atoms with E-state index in [1.54, 1.807) is 18.2 Å². The highest BCUT2D eigenvalue weighted by atomic mass is 35.5. The molecule has 33 heavy (non-hydrogen) atoms. The second-order valence-electron chi connectivity index (χ2n) is 8.18. The van der Waals surface area contributed by atoms with Gasteiger partial charge in [0.25, 0.3) is 5.91 Å². The molecule has 0 saturated carbocycles. The third-order valence-corrected chi connectivity index (χ3v) is 8.46. The summed E-state index contributed by atoms with van der Waals surface area (Å²) in [6.45, 7) is 1.24. The van der Waals surface area contributed by atoms with Crippen LogP contribution in [-0.4, -0.2) is 61.7 Å². The van der Waals surface area contributed by atoms with Crippen molar-refractivity contribution < 1.29 is 18.0 Å². The standard InChI is InChI=1S/C24H22ClN3O4S/c25-18-8-10-19(11-9-18)33(31,32)27-14-12-26(13-15-27)22-16-23(29)28(24(22)30)21-7-3-5-17-4-1-2-6-20(17)21/h1-11,22H,12-16H2/t22-/m0/s1. The minimum atomic E-state index is -3.64. The summed E-state index contributed by atoms with van der Waals surface area (Å²) in [6, 6.07) is 18.7. The highest BCUT2D eigenvalue weighted by Crippen LogP contribution is 2.32. The molecule has 0 aromatic heterocycles. The van der Waals surface area contributed by atoms with Crippen LogP contribution in [0.2, 0.25) is 5.02 Å². The zero-order valence-electron chi connectivity index (χ0n) is 17.7. The van der Waals surface area contributed by atoms with Crippen molar-refractivity contribution in [2.45, 2.75) is 17.4 Å². The van der Waals surface area contributed by atoms with E-state index in [1.165, 1.54) is 21.3 Å². The van der Waals surface area contributed by atoms with E-state index in [2.05, 4.69) is 0 Å². The zero-order valence-corrected chi connectivity index (χ0v) is 19.3. The first-order valence-electron chi connectivity index (χ1n) is 10.7. The van der Waals surface area contributed by atoms with Crippen LogP contribution in [0, 0.1) is 0 Å². The van der Waals surface area contributed by atoms with Gasteiger partial charge in [0, 0.05) is 36.6 Å². The third kappa shape index (κ3) is 3.93. The first-order valence-corrected chi connectivity index (χ1v) is 12.5. The number of carbonyl (C=O) groups is 2. The van der Waals surface area contributed by atoms with Crippen molar-refractivity contribution in [3.8, 4) is 0 Å². The molecule has 0 unspecified atom stereocenters. The topological polar surface area (TPSA) is 78.0 Å². The van der Waals surface area contributed by atoms with Gasteiger partial charge in [-0.1, -0.05) is 48.0 Å². The highest BCUT2D eigenvalue weighted by Gasteiger charge is 2.44. The summed E-state index contributed by atoms with van der Waals surface area (Å²) in [5, 5.41) is 2.28. The Kier molecular flexibility index (Phi) is 5.70. The van der Waals surface area contributed by atoms with E-state index in [4.69, 9.17) is 11.6 Å². The molecule has 3 aromatic carbocycles. The number of hydrogen-bond acceptors (Lipinski definition) is 5. The van der Waals surface area contributed by atoms with Crippen molar-refractivity contribution >= 4 is 49.9 Å². The summed E-state index contributed by atoms with van der Waals surface area (Å²) in [5.41, 5.74) is 0.592. The van der Waals surface area contributed by atoms with Crippen LogP contribution in [0.15, 0.2) is 71.6 Å². The molecule has 5 rings (SSSR count). The van der Waals surface area contributed by atoms with Gasteiger partial charge in [-0.2, -0.15) is 4.31 Å². The van der Waals surface area contributed by atoms with Gasteiger partial charge in [0.1, 0.15) is 0 Å². The van der Waals surface area contributed by atoms with E-state index >= 15 is 0 Å². The number of anilines is 1. The van der Waals surface area contributed by atoms with Crippen molar-refractivity contribution in [1.82, 2.24) is 9.21 Å². The number of nitrogens with zero attached hydrogens (tertiary/aromatic N) is 3. The van der Waals surface area contributed by atoms with Crippen molar-refractivity contribution in [3.63, 3.8) is 0 Å². The summed E-state index contributed by atoms with van der Waals surface area (Å²) in [4.78, 5) is 29.6. The number of rotatable bonds is 4. The number of hydrogen-bond donors (Lipinski definition) is 0. The number of sulfonamides is 1. The van der Waals surface area contributed by atoms with Crippen LogP contribution in [0.4, 0.5) is 5.69 Å². The molecule has 2 saturated heterocycles. The van der Waals surface area contributed by atoms with Crippen molar-refractivity contribution in [1.29, 1.82) is 0 Å². The predicted molar refractivity (Wildman–Crippen MR) is 127 cm³/mol. The van der Waals surface area contributed by atoms with E-state index in [9.17, 15) is 18.0 Å². The van der Waals surface area contributed by atoms with Crippen LogP contribution in [-0.2, 0) is 19.6 Å². The normalized spacial score (nSPS) is 20.6. The second kappa shape index (κ2) is 8.53. The Hall–Kier alpha value is -2.78. The van der Waals surface area contributed by atoms with Crippen LogP contribution in [0.5, 0.6) is 0 Å². The number of benzene rings is 3. The van der Waals surface area contributed by atoms with Crippen molar-refractivity contribution in [3.05, 3.63) is 71.8 Å². The Bertz CT molecular complexity index is 1330. The average Bonchev–Trinajstić information content (AvgIpc) is 3.12. The average molecular weight is 484 g/mol. The molecule has 0 aliphatic carbocycles. The number of imide groups is 1. The number of amides is 2. The zero-order chi connectivity index (χ0) is 23.2. The number of halogens is 1. The molecule has 9 heteroatoms. The molecular formula is C24H22ClN3O4S. The lowest BCUT2D eigenvalue weighted by molar-refractivity contribution is -0.123.